The van der Waals surface area contributed by atoms with Crippen LogP contribution in [0.3, 0.4) is 0 Å². The molecule has 0 bridgehead atoms. The molecule has 1 fully saturated rings. The maximum atomic E-state index is 10.6. The molecule has 0 radical (unpaired) electrons. The van der Waals surface area contributed by atoms with E-state index in [1.165, 1.54) is 31.0 Å². The highest BCUT2D eigenvalue weighted by molar-refractivity contribution is 5.89. The van der Waals surface area contributed by atoms with Crippen molar-refractivity contribution in [3.8, 4) is 0 Å². The second-order valence-electron chi connectivity index (χ2n) is 4.76. The molecular weight excluding hydrogens is 226 g/mol. The highest BCUT2D eigenvalue weighted by Gasteiger charge is 2.10. The molecule has 0 aliphatic carbocycles. The van der Waals surface area contributed by atoms with Crippen LogP contribution in [0.5, 0.6) is 0 Å². The molecule has 3 nitrogen and oxygen atoms in total. The molecule has 0 aromatic heterocycles. The standard InChI is InChI=1S/C15H19NO2/c1-12(11-15(17)18)13-5-7-14(8-6-13)16-9-3-2-4-10-16/h5-8,11H,2-4,9-10H2,1H3,(H,17,18). The lowest BCUT2D eigenvalue weighted by Gasteiger charge is -2.28. The maximum absolute atomic E-state index is 10.6. The van der Waals surface area contributed by atoms with Crippen LogP contribution >= 0.6 is 0 Å². The molecule has 0 saturated carbocycles. The van der Waals surface area contributed by atoms with Crippen LogP contribution in [-0.4, -0.2) is 24.2 Å². The zero-order valence-corrected chi connectivity index (χ0v) is 10.7. The van der Waals surface area contributed by atoms with Crippen molar-refractivity contribution in [2.45, 2.75) is 26.2 Å². The molecule has 3 heteroatoms. The van der Waals surface area contributed by atoms with Gasteiger partial charge in [-0.1, -0.05) is 12.1 Å². The SMILES string of the molecule is CC(=CC(=O)O)c1ccc(N2CCCCC2)cc1. The number of allylic oxidation sites excluding steroid dienone is 1. The summed E-state index contributed by atoms with van der Waals surface area (Å²) in [6, 6.07) is 8.16. The van der Waals surface area contributed by atoms with Crippen molar-refractivity contribution in [3.05, 3.63) is 35.9 Å². The Morgan fingerprint density at radius 2 is 1.78 bits per heavy atom. The average Bonchev–Trinajstić information content (AvgIpc) is 2.39. The summed E-state index contributed by atoms with van der Waals surface area (Å²) in [6.07, 6.45) is 5.10. The molecule has 0 spiro atoms. The molecule has 0 unspecified atom stereocenters. The third-order valence-corrected chi connectivity index (χ3v) is 3.38. The van der Waals surface area contributed by atoms with Crippen LogP contribution in [0.2, 0.25) is 0 Å². The van der Waals surface area contributed by atoms with Crippen molar-refractivity contribution in [2.75, 3.05) is 18.0 Å². The van der Waals surface area contributed by atoms with E-state index in [9.17, 15) is 4.79 Å². The highest BCUT2D eigenvalue weighted by Crippen LogP contribution is 2.22. The molecule has 1 aliphatic rings. The second kappa shape index (κ2) is 5.71. The molecule has 1 heterocycles. The lowest BCUT2D eigenvalue weighted by molar-refractivity contribution is -0.131. The third kappa shape index (κ3) is 3.13. The first kappa shape index (κ1) is 12.7. The molecule has 18 heavy (non-hydrogen) atoms. The Labute approximate surface area is 108 Å². The Balaban J connectivity index is 2.12. The first-order valence-corrected chi connectivity index (χ1v) is 6.43. The molecule has 1 saturated heterocycles. The number of hydrogen-bond donors (Lipinski definition) is 1. The van der Waals surface area contributed by atoms with Gasteiger partial charge in [-0.15, -0.1) is 0 Å². The lowest BCUT2D eigenvalue weighted by atomic mass is 10.1. The van der Waals surface area contributed by atoms with E-state index < -0.39 is 5.97 Å². The van der Waals surface area contributed by atoms with E-state index in [1.54, 1.807) is 0 Å². The van der Waals surface area contributed by atoms with Gasteiger partial charge in [0.15, 0.2) is 0 Å². The minimum absolute atomic E-state index is 0.785. The van der Waals surface area contributed by atoms with Crippen molar-refractivity contribution in [1.29, 1.82) is 0 Å². The molecule has 0 atom stereocenters. The zero-order valence-electron chi connectivity index (χ0n) is 10.7. The number of carbonyl (C=O) groups is 1. The van der Waals surface area contributed by atoms with Crippen molar-refractivity contribution in [1.82, 2.24) is 0 Å². The number of rotatable bonds is 3. The number of piperidine rings is 1. The van der Waals surface area contributed by atoms with E-state index in [2.05, 4.69) is 17.0 Å². The lowest BCUT2D eigenvalue weighted by Crippen LogP contribution is -2.29. The smallest absolute Gasteiger partial charge is 0.328 e. The number of anilines is 1. The maximum Gasteiger partial charge on any atom is 0.328 e. The van der Waals surface area contributed by atoms with Gasteiger partial charge in [0.25, 0.3) is 0 Å². The van der Waals surface area contributed by atoms with Gasteiger partial charge in [0, 0.05) is 24.9 Å². The molecule has 0 amide bonds. The predicted molar refractivity (Wildman–Crippen MR) is 73.8 cm³/mol. The molecule has 2 rings (SSSR count). The van der Waals surface area contributed by atoms with Crippen molar-refractivity contribution in [2.24, 2.45) is 0 Å². The Kier molecular flexibility index (Phi) is 4.03. The predicted octanol–water partition coefficient (Wildman–Crippen LogP) is 3.16. The molecule has 1 aromatic carbocycles. The van der Waals surface area contributed by atoms with E-state index in [0.29, 0.717) is 0 Å². The topological polar surface area (TPSA) is 40.5 Å². The molecule has 96 valence electrons. The quantitative estimate of drug-likeness (QED) is 0.831. The largest absolute Gasteiger partial charge is 0.478 e. The first-order chi connectivity index (χ1) is 8.66. The molecule has 1 aromatic rings. The van der Waals surface area contributed by atoms with Gasteiger partial charge < -0.3 is 10.0 Å². The Morgan fingerprint density at radius 3 is 2.33 bits per heavy atom. The summed E-state index contributed by atoms with van der Waals surface area (Å²) in [6.45, 7) is 4.08. The Hall–Kier alpha value is -1.77. The van der Waals surface area contributed by atoms with Gasteiger partial charge in [0.05, 0.1) is 0 Å². The van der Waals surface area contributed by atoms with Crippen LogP contribution in [0.15, 0.2) is 30.3 Å². The van der Waals surface area contributed by atoms with Crippen LogP contribution in [-0.2, 0) is 4.79 Å². The van der Waals surface area contributed by atoms with Gasteiger partial charge in [0.2, 0.25) is 0 Å². The van der Waals surface area contributed by atoms with Crippen molar-refractivity contribution < 1.29 is 9.90 Å². The van der Waals surface area contributed by atoms with E-state index in [-0.39, 0.29) is 0 Å². The van der Waals surface area contributed by atoms with Crippen molar-refractivity contribution in [3.63, 3.8) is 0 Å². The normalized spacial score (nSPS) is 16.7. The van der Waals surface area contributed by atoms with E-state index >= 15 is 0 Å². The fourth-order valence-electron chi connectivity index (χ4n) is 2.36. The summed E-state index contributed by atoms with van der Waals surface area (Å²) in [4.78, 5) is 13.0. The monoisotopic (exact) mass is 245 g/mol. The van der Waals surface area contributed by atoms with E-state index in [1.807, 2.05) is 19.1 Å². The number of nitrogens with zero attached hydrogens (tertiary/aromatic N) is 1. The Morgan fingerprint density at radius 1 is 1.17 bits per heavy atom. The second-order valence-corrected chi connectivity index (χ2v) is 4.76. The van der Waals surface area contributed by atoms with Crippen LogP contribution in [0.1, 0.15) is 31.7 Å². The zero-order chi connectivity index (χ0) is 13.0. The number of carboxylic acid groups (broad SMARTS) is 1. The fraction of sp³-hybridized carbons (Fsp3) is 0.400. The van der Waals surface area contributed by atoms with Crippen LogP contribution < -0.4 is 4.90 Å². The molecule has 1 aliphatic heterocycles. The summed E-state index contributed by atoms with van der Waals surface area (Å²) in [5.41, 5.74) is 2.99. The highest BCUT2D eigenvalue weighted by atomic mass is 16.4. The number of carboxylic acids is 1. The summed E-state index contributed by atoms with van der Waals surface area (Å²) in [5, 5.41) is 8.72. The number of hydrogen-bond acceptors (Lipinski definition) is 2. The van der Waals surface area contributed by atoms with Gasteiger partial charge in [-0.2, -0.15) is 0 Å². The number of benzene rings is 1. The van der Waals surface area contributed by atoms with Gasteiger partial charge in [-0.3, -0.25) is 0 Å². The van der Waals surface area contributed by atoms with Gasteiger partial charge in [-0.25, -0.2) is 4.79 Å². The summed E-state index contributed by atoms with van der Waals surface area (Å²) >= 11 is 0. The molecular formula is C15H19NO2. The van der Waals surface area contributed by atoms with Gasteiger partial charge in [0.1, 0.15) is 0 Å². The van der Waals surface area contributed by atoms with E-state index in [4.69, 9.17) is 5.11 Å². The van der Waals surface area contributed by atoms with E-state index in [0.717, 1.165) is 24.2 Å². The third-order valence-electron chi connectivity index (χ3n) is 3.38. The summed E-state index contributed by atoms with van der Waals surface area (Å²) < 4.78 is 0. The van der Waals surface area contributed by atoms with Crippen molar-refractivity contribution >= 4 is 17.2 Å². The summed E-state index contributed by atoms with van der Waals surface area (Å²) in [5.74, 6) is -0.896. The fourth-order valence-corrected chi connectivity index (χ4v) is 2.36. The van der Waals surface area contributed by atoms with Crippen LogP contribution in [0, 0.1) is 0 Å². The van der Waals surface area contributed by atoms with Crippen LogP contribution in [0.25, 0.3) is 5.57 Å². The molecule has 1 N–H and O–H groups in total. The first-order valence-electron chi connectivity index (χ1n) is 6.43. The minimum atomic E-state index is -0.896. The Bertz CT molecular complexity index is 442. The van der Waals surface area contributed by atoms with Crippen LogP contribution in [0.4, 0.5) is 5.69 Å². The van der Waals surface area contributed by atoms with Gasteiger partial charge >= 0.3 is 5.97 Å². The average molecular weight is 245 g/mol. The number of aliphatic carboxylic acids is 1. The minimum Gasteiger partial charge on any atom is -0.478 e. The van der Waals surface area contributed by atoms with Gasteiger partial charge in [-0.05, 0) is 49.5 Å². The summed E-state index contributed by atoms with van der Waals surface area (Å²) in [7, 11) is 0.